The van der Waals surface area contributed by atoms with Crippen molar-refractivity contribution in [1.82, 2.24) is 5.32 Å². The Morgan fingerprint density at radius 3 is 2.30 bits per heavy atom. The van der Waals surface area contributed by atoms with Gasteiger partial charge in [0.15, 0.2) is 0 Å². The number of ether oxygens (including phenoxy) is 1. The highest BCUT2D eigenvalue weighted by Crippen LogP contribution is 2.10. The molecule has 143 valence electrons. The Labute approximate surface area is 167 Å². The van der Waals surface area contributed by atoms with E-state index in [1.165, 1.54) is 21.1 Å². The van der Waals surface area contributed by atoms with Crippen molar-refractivity contribution in [3.63, 3.8) is 0 Å². The molecule has 0 fully saturated rings. The van der Waals surface area contributed by atoms with Crippen molar-refractivity contribution in [2.75, 3.05) is 7.11 Å². The molecular formula is C19H29B3NO4. The number of benzene rings is 1. The second kappa shape index (κ2) is 18.8. The van der Waals surface area contributed by atoms with Crippen LogP contribution in [0.1, 0.15) is 31.7 Å². The monoisotopic (exact) mass is 368 g/mol. The van der Waals surface area contributed by atoms with Gasteiger partial charge in [0.05, 0.1) is 22.1 Å². The highest BCUT2D eigenvalue weighted by Gasteiger charge is 2.23. The van der Waals surface area contributed by atoms with Crippen LogP contribution in [0.2, 0.25) is 13.6 Å². The minimum atomic E-state index is -0.698. The zero-order chi connectivity index (χ0) is 21.1. The lowest BCUT2D eigenvalue weighted by molar-refractivity contribution is -0.145. The number of methoxy groups -OCH3 is 1. The molecule has 1 rings (SSSR count). The SMILES string of the molecule is COC(=O)[C@H](CCCC=O)NC(=O)[C@@H](C)Cc1ccccc1.[B]C.[B][B]C. The van der Waals surface area contributed by atoms with Gasteiger partial charge in [0, 0.05) is 20.1 Å². The van der Waals surface area contributed by atoms with Crippen LogP contribution >= 0.6 is 0 Å². The lowest BCUT2D eigenvalue weighted by Crippen LogP contribution is -2.44. The maximum Gasteiger partial charge on any atom is 0.328 e. The Morgan fingerprint density at radius 1 is 1.26 bits per heavy atom. The maximum absolute atomic E-state index is 12.2. The van der Waals surface area contributed by atoms with E-state index in [0.29, 0.717) is 25.7 Å². The minimum absolute atomic E-state index is 0.189. The highest BCUT2D eigenvalue weighted by molar-refractivity contribution is 6.88. The maximum atomic E-state index is 12.2. The first-order chi connectivity index (χ1) is 13.0. The fraction of sp³-hybridized carbons (Fsp3) is 0.526. The topological polar surface area (TPSA) is 72.5 Å². The van der Waals surface area contributed by atoms with Gasteiger partial charge in [-0.05, 0) is 24.8 Å². The third-order valence-electron chi connectivity index (χ3n) is 3.45. The molecule has 0 saturated carbocycles. The number of unbranched alkanes of at least 4 members (excludes halogenated alkanes) is 1. The number of amides is 1. The van der Waals surface area contributed by atoms with Crippen molar-refractivity contribution in [3.05, 3.63) is 35.9 Å². The third kappa shape index (κ3) is 13.8. The molecule has 2 atom stereocenters. The Morgan fingerprint density at radius 2 is 1.81 bits per heavy atom. The van der Waals surface area contributed by atoms with Gasteiger partial charge >= 0.3 is 5.97 Å². The molecular weight excluding hydrogens is 339 g/mol. The van der Waals surface area contributed by atoms with E-state index in [0.717, 1.165) is 11.8 Å². The molecule has 1 aromatic rings. The number of carbonyl (C=O) groups excluding carboxylic acids is 3. The number of esters is 1. The van der Waals surface area contributed by atoms with E-state index in [-0.39, 0.29) is 11.8 Å². The lowest BCUT2D eigenvalue weighted by atomic mass is 9.59. The number of aldehydes is 1. The number of hydrogen-bond acceptors (Lipinski definition) is 4. The highest BCUT2D eigenvalue weighted by atomic mass is 16.5. The van der Waals surface area contributed by atoms with E-state index in [9.17, 15) is 14.4 Å². The summed E-state index contributed by atoms with van der Waals surface area (Å²) < 4.78 is 4.70. The molecule has 1 N–H and O–H groups in total. The van der Waals surface area contributed by atoms with Crippen LogP contribution in [-0.2, 0) is 25.5 Å². The molecule has 0 aliphatic heterocycles. The fourth-order valence-corrected chi connectivity index (χ4v) is 2.17. The van der Waals surface area contributed by atoms with Gasteiger partial charge in [-0.25, -0.2) is 4.79 Å². The van der Waals surface area contributed by atoms with Gasteiger partial charge in [0.25, 0.3) is 0 Å². The molecule has 0 heterocycles. The second-order valence-electron chi connectivity index (χ2n) is 5.61. The van der Waals surface area contributed by atoms with Gasteiger partial charge in [-0.3, -0.25) is 4.79 Å². The van der Waals surface area contributed by atoms with E-state index in [1.807, 2.05) is 37.3 Å². The summed E-state index contributed by atoms with van der Waals surface area (Å²) in [6.45, 7) is 5.10. The average Bonchev–Trinajstić information content (AvgIpc) is 2.69. The average molecular weight is 368 g/mol. The Kier molecular flexibility index (Phi) is 19.0. The zero-order valence-corrected chi connectivity index (χ0v) is 16.8. The summed E-state index contributed by atoms with van der Waals surface area (Å²) in [5.41, 5.74) is 1.07. The number of carbonyl (C=O) groups is 3. The first kappa shape index (κ1) is 27.2. The first-order valence-electron chi connectivity index (χ1n) is 8.93. The number of nitrogens with one attached hydrogen (secondary N) is 1. The van der Waals surface area contributed by atoms with Gasteiger partial charge in [-0.1, -0.05) is 44.1 Å². The van der Waals surface area contributed by atoms with Crippen LogP contribution in [-0.4, -0.2) is 54.1 Å². The van der Waals surface area contributed by atoms with Gasteiger partial charge in [-0.15, -0.1) is 6.82 Å². The molecule has 0 saturated heterocycles. The normalized spacial score (nSPS) is 11.3. The van der Waals surface area contributed by atoms with Crippen molar-refractivity contribution in [2.45, 2.75) is 52.3 Å². The Balaban J connectivity index is 0. The number of rotatable bonds is 9. The summed E-state index contributed by atoms with van der Waals surface area (Å²) in [6.07, 6.45) is 2.71. The fourth-order valence-electron chi connectivity index (χ4n) is 2.17. The van der Waals surface area contributed by atoms with Crippen LogP contribution in [0, 0.1) is 5.92 Å². The Hall–Kier alpha value is -1.98. The van der Waals surface area contributed by atoms with Crippen LogP contribution in [0.4, 0.5) is 0 Å². The molecule has 5 radical (unpaired) electrons. The van der Waals surface area contributed by atoms with E-state index >= 15 is 0 Å². The summed E-state index contributed by atoms with van der Waals surface area (Å²) in [7, 11) is 12.0. The van der Waals surface area contributed by atoms with Gasteiger partial charge in [0.1, 0.15) is 12.3 Å². The molecule has 27 heavy (non-hydrogen) atoms. The molecule has 1 aromatic carbocycles. The summed E-state index contributed by atoms with van der Waals surface area (Å²) in [4.78, 5) is 34.3. The van der Waals surface area contributed by atoms with Crippen LogP contribution < -0.4 is 5.32 Å². The van der Waals surface area contributed by atoms with Crippen LogP contribution in [0.15, 0.2) is 30.3 Å². The lowest BCUT2D eigenvalue weighted by Gasteiger charge is -2.19. The van der Waals surface area contributed by atoms with Crippen LogP contribution in [0.25, 0.3) is 0 Å². The quantitative estimate of drug-likeness (QED) is 0.313. The van der Waals surface area contributed by atoms with E-state index in [4.69, 9.17) is 12.5 Å². The molecule has 8 heteroatoms. The van der Waals surface area contributed by atoms with E-state index in [1.54, 1.807) is 6.82 Å². The smallest absolute Gasteiger partial charge is 0.328 e. The minimum Gasteiger partial charge on any atom is -0.467 e. The molecule has 0 aliphatic carbocycles. The molecule has 0 aliphatic rings. The zero-order valence-electron chi connectivity index (χ0n) is 16.8. The van der Waals surface area contributed by atoms with Crippen molar-refractivity contribution in [1.29, 1.82) is 0 Å². The predicted molar refractivity (Wildman–Crippen MR) is 112 cm³/mol. The first-order valence-corrected chi connectivity index (χ1v) is 8.93. The molecule has 0 bridgehead atoms. The largest absolute Gasteiger partial charge is 0.467 e. The predicted octanol–water partition coefficient (Wildman–Crippen LogP) is 1.92. The molecule has 5 nitrogen and oxygen atoms in total. The van der Waals surface area contributed by atoms with E-state index in [2.05, 4.69) is 13.2 Å². The van der Waals surface area contributed by atoms with Gasteiger partial charge in [0.2, 0.25) is 5.91 Å². The van der Waals surface area contributed by atoms with Crippen molar-refractivity contribution >= 4 is 40.9 Å². The summed E-state index contributed by atoms with van der Waals surface area (Å²) in [6, 6.07) is 9.01. The number of hydrogen-bond donors (Lipinski definition) is 1. The molecule has 1 amide bonds. The van der Waals surface area contributed by atoms with Crippen molar-refractivity contribution in [3.8, 4) is 0 Å². The van der Waals surface area contributed by atoms with Gasteiger partial charge < -0.3 is 14.8 Å². The standard InChI is InChI=1S/C17H23NO4.CH3B2.CH3B/c1-13(12-14-8-4-3-5-9-14)16(20)18-15(17(21)22-2)10-6-7-11-19;1-3-2;1-2/h3-5,8-9,11,13,15H,6-7,10,12H2,1-2H3,(H,18,20);1H3;1H3/t13-,15-;;/m0../s1. The van der Waals surface area contributed by atoms with Crippen molar-refractivity contribution < 1.29 is 19.1 Å². The van der Waals surface area contributed by atoms with Gasteiger partial charge in [-0.2, -0.15) is 0 Å². The molecule has 0 aromatic heterocycles. The molecule has 0 spiro atoms. The van der Waals surface area contributed by atoms with Crippen molar-refractivity contribution in [2.24, 2.45) is 5.92 Å². The molecule has 0 unspecified atom stereocenters. The third-order valence-corrected chi connectivity index (χ3v) is 3.45. The van der Waals surface area contributed by atoms with Crippen LogP contribution in [0.3, 0.4) is 0 Å². The summed E-state index contributed by atoms with van der Waals surface area (Å²) in [5, 5.41) is 2.72. The second-order valence-corrected chi connectivity index (χ2v) is 5.61. The Bertz CT molecular complexity index is 515. The summed E-state index contributed by atoms with van der Waals surface area (Å²) >= 11 is 0. The van der Waals surface area contributed by atoms with E-state index < -0.39 is 12.0 Å². The summed E-state index contributed by atoms with van der Waals surface area (Å²) in [5.74, 6) is -0.919. The van der Waals surface area contributed by atoms with Crippen LogP contribution in [0.5, 0.6) is 0 Å².